The topological polar surface area (TPSA) is 51.2 Å². The van der Waals surface area contributed by atoms with Gasteiger partial charge < -0.3 is 19.1 Å². The average Bonchev–Trinajstić information content (AvgIpc) is 2.80. The number of hydrogen-bond acceptors (Lipinski definition) is 5. The number of nitrogens with zero attached hydrogens (tertiary/aromatic N) is 2. The third kappa shape index (κ3) is 6.71. The number of carbonyl (C=O) groups is 1. The lowest BCUT2D eigenvalue weighted by Crippen LogP contribution is -2.51. The minimum Gasteiger partial charge on any atom is -0.490 e. The van der Waals surface area contributed by atoms with Gasteiger partial charge in [0.05, 0.1) is 19.8 Å². The molecular weight excluding hydrogens is 416 g/mol. The van der Waals surface area contributed by atoms with Crippen LogP contribution in [0.5, 0.6) is 11.5 Å². The van der Waals surface area contributed by atoms with Gasteiger partial charge in [-0.3, -0.25) is 9.69 Å². The van der Waals surface area contributed by atoms with Gasteiger partial charge >= 0.3 is 0 Å². The fraction of sp³-hybridized carbons (Fsp3) is 0.519. The van der Waals surface area contributed by atoms with Crippen LogP contribution >= 0.6 is 0 Å². The molecule has 2 aromatic rings. The van der Waals surface area contributed by atoms with Crippen LogP contribution in [0, 0.1) is 5.92 Å². The van der Waals surface area contributed by atoms with Gasteiger partial charge in [0.1, 0.15) is 6.10 Å². The van der Waals surface area contributed by atoms with Gasteiger partial charge in [-0.25, -0.2) is 0 Å². The van der Waals surface area contributed by atoms with Crippen molar-refractivity contribution >= 4 is 5.91 Å². The molecule has 0 radical (unpaired) electrons. The van der Waals surface area contributed by atoms with Crippen LogP contribution in [0.25, 0.3) is 0 Å². The van der Waals surface area contributed by atoms with E-state index < -0.39 is 6.10 Å². The number of amides is 1. The van der Waals surface area contributed by atoms with E-state index in [4.69, 9.17) is 14.2 Å². The Hall–Kier alpha value is -2.57. The van der Waals surface area contributed by atoms with Crippen LogP contribution in [0.2, 0.25) is 0 Å². The maximum atomic E-state index is 13.5. The Labute approximate surface area is 197 Å². The first-order valence-electron chi connectivity index (χ1n) is 12.1. The Balaban J connectivity index is 1.44. The highest BCUT2D eigenvalue weighted by Gasteiger charge is 2.31. The molecular formula is C27H36N2O4. The summed E-state index contributed by atoms with van der Waals surface area (Å²) in [7, 11) is 0. The smallest absolute Gasteiger partial charge is 0.253 e. The maximum Gasteiger partial charge on any atom is 0.253 e. The van der Waals surface area contributed by atoms with Crippen LogP contribution in [0.15, 0.2) is 48.5 Å². The second-order valence-corrected chi connectivity index (χ2v) is 9.38. The lowest BCUT2D eigenvalue weighted by Gasteiger charge is -2.35. The van der Waals surface area contributed by atoms with Crippen LogP contribution in [0.3, 0.4) is 0 Å². The highest BCUT2D eigenvalue weighted by atomic mass is 16.5. The van der Waals surface area contributed by atoms with E-state index in [0.29, 0.717) is 45.4 Å². The molecule has 1 atom stereocenters. The van der Waals surface area contributed by atoms with E-state index in [-0.39, 0.29) is 5.91 Å². The molecule has 6 nitrogen and oxygen atoms in total. The van der Waals surface area contributed by atoms with Crippen molar-refractivity contribution in [3.8, 4) is 11.5 Å². The van der Waals surface area contributed by atoms with E-state index in [1.807, 2.05) is 29.2 Å². The molecule has 2 aliphatic heterocycles. The molecule has 2 heterocycles. The number of rotatable bonds is 7. The molecule has 1 amide bonds. The summed E-state index contributed by atoms with van der Waals surface area (Å²) in [4.78, 5) is 17.8. The number of hydrogen-bond donors (Lipinski definition) is 0. The normalized spacial score (nSPS) is 19.1. The van der Waals surface area contributed by atoms with Gasteiger partial charge in [-0.1, -0.05) is 50.2 Å². The van der Waals surface area contributed by atoms with E-state index in [1.54, 1.807) is 0 Å². The highest BCUT2D eigenvalue weighted by molar-refractivity contribution is 5.81. The summed E-state index contributed by atoms with van der Waals surface area (Å²) in [6.07, 6.45) is 1.55. The zero-order valence-corrected chi connectivity index (χ0v) is 19.9. The molecule has 2 aromatic carbocycles. The SMILES string of the molecule is CC(C)CN(Cc1ccc2c(c1)OCCCCO2)C(=O)C1CN(Cc2ccccc2)CCO1. The van der Waals surface area contributed by atoms with Crippen LogP contribution < -0.4 is 9.47 Å². The summed E-state index contributed by atoms with van der Waals surface area (Å²) < 4.78 is 17.7. The molecule has 0 aromatic heterocycles. The minimum absolute atomic E-state index is 0.0605. The first-order chi connectivity index (χ1) is 16.1. The first kappa shape index (κ1) is 23.6. The highest BCUT2D eigenvalue weighted by Crippen LogP contribution is 2.31. The van der Waals surface area contributed by atoms with Crippen molar-refractivity contribution in [3.63, 3.8) is 0 Å². The zero-order chi connectivity index (χ0) is 23.0. The monoisotopic (exact) mass is 452 g/mol. The standard InChI is InChI=1S/C27H36N2O4/c1-21(2)17-29(19-23-10-11-24-25(16-23)32-14-7-6-13-31-24)27(30)26-20-28(12-15-33-26)18-22-8-4-3-5-9-22/h3-5,8-11,16,21,26H,6-7,12-15,17-20H2,1-2H3. The van der Waals surface area contributed by atoms with Crippen LogP contribution in [-0.4, -0.2) is 61.3 Å². The molecule has 178 valence electrons. The predicted octanol–water partition coefficient (Wildman–Crippen LogP) is 4.12. The molecule has 4 rings (SSSR count). The molecule has 0 spiro atoms. The Morgan fingerprint density at radius 2 is 1.76 bits per heavy atom. The Morgan fingerprint density at radius 3 is 2.52 bits per heavy atom. The summed E-state index contributed by atoms with van der Waals surface area (Å²) in [5.41, 5.74) is 2.30. The van der Waals surface area contributed by atoms with E-state index in [9.17, 15) is 4.79 Å². The van der Waals surface area contributed by atoms with Gasteiger partial charge in [0.2, 0.25) is 0 Å². The number of fused-ring (bicyclic) bond motifs is 1. The second-order valence-electron chi connectivity index (χ2n) is 9.38. The molecule has 2 aliphatic rings. The molecule has 0 saturated carbocycles. The third-order valence-corrected chi connectivity index (χ3v) is 6.01. The number of benzene rings is 2. The van der Waals surface area contributed by atoms with Gasteiger partial charge in [-0.05, 0) is 42.0 Å². The molecule has 1 fully saturated rings. The van der Waals surface area contributed by atoms with E-state index in [1.165, 1.54) is 5.56 Å². The van der Waals surface area contributed by atoms with E-state index >= 15 is 0 Å². The summed E-state index contributed by atoms with van der Waals surface area (Å²) in [5.74, 6) is 1.98. The van der Waals surface area contributed by atoms with Gasteiger partial charge in [0.15, 0.2) is 11.5 Å². The predicted molar refractivity (Wildman–Crippen MR) is 128 cm³/mol. The second kappa shape index (κ2) is 11.5. The van der Waals surface area contributed by atoms with Crippen LogP contribution in [0.4, 0.5) is 0 Å². The third-order valence-electron chi connectivity index (χ3n) is 6.01. The quantitative estimate of drug-likeness (QED) is 0.633. The Bertz CT molecular complexity index is 902. The molecule has 33 heavy (non-hydrogen) atoms. The lowest BCUT2D eigenvalue weighted by molar-refractivity contribution is -0.151. The number of ether oxygens (including phenoxy) is 3. The van der Waals surface area contributed by atoms with Gasteiger partial charge in [0.25, 0.3) is 5.91 Å². The van der Waals surface area contributed by atoms with Crippen molar-refractivity contribution in [1.29, 1.82) is 0 Å². The van der Waals surface area contributed by atoms with Crippen LogP contribution in [0.1, 0.15) is 37.8 Å². The van der Waals surface area contributed by atoms with Crippen molar-refractivity contribution in [1.82, 2.24) is 9.80 Å². The largest absolute Gasteiger partial charge is 0.490 e. The number of morpholine rings is 1. The zero-order valence-electron chi connectivity index (χ0n) is 19.9. The summed E-state index contributed by atoms with van der Waals surface area (Å²) >= 11 is 0. The molecule has 6 heteroatoms. The number of carbonyl (C=O) groups excluding carboxylic acids is 1. The minimum atomic E-state index is -0.440. The van der Waals surface area contributed by atoms with Crippen molar-refractivity contribution < 1.29 is 19.0 Å². The molecule has 1 saturated heterocycles. The Kier molecular flexibility index (Phi) is 8.24. The Morgan fingerprint density at radius 1 is 1.00 bits per heavy atom. The molecule has 0 aliphatic carbocycles. The fourth-order valence-electron chi connectivity index (χ4n) is 4.39. The summed E-state index contributed by atoms with van der Waals surface area (Å²) in [6, 6.07) is 16.4. The van der Waals surface area contributed by atoms with Crippen molar-refractivity contribution in [2.24, 2.45) is 5.92 Å². The average molecular weight is 453 g/mol. The fourth-order valence-corrected chi connectivity index (χ4v) is 4.39. The molecule has 0 bridgehead atoms. The first-order valence-corrected chi connectivity index (χ1v) is 12.1. The van der Waals surface area contributed by atoms with Crippen molar-refractivity contribution in [2.75, 3.05) is 39.5 Å². The molecule has 1 unspecified atom stereocenters. The van der Waals surface area contributed by atoms with Gasteiger partial charge in [-0.15, -0.1) is 0 Å². The maximum absolute atomic E-state index is 13.5. The lowest BCUT2D eigenvalue weighted by atomic mass is 10.1. The van der Waals surface area contributed by atoms with Gasteiger partial charge in [0, 0.05) is 32.7 Å². The van der Waals surface area contributed by atoms with Crippen molar-refractivity contribution in [3.05, 3.63) is 59.7 Å². The van der Waals surface area contributed by atoms with E-state index in [0.717, 1.165) is 43.0 Å². The van der Waals surface area contributed by atoms with Gasteiger partial charge in [-0.2, -0.15) is 0 Å². The summed E-state index contributed by atoms with van der Waals surface area (Å²) in [5, 5.41) is 0. The van der Waals surface area contributed by atoms with E-state index in [2.05, 4.69) is 43.0 Å². The van der Waals surface area contributed by atoms with Crippen molar-refractivity contribution in [2.45, 2.75) is 45.9 Å². The summed E-state index contributed by atoms with van der Waals surface area (Å²) in [6.45, 7) is 9.77. The van der Waals surface area contributed by atoms with Crippen LogP contribution in [-0.2, 0) is 22.6 Å². The molecule has 0 N–H and O–H groups in total.